The van der Waals surface area contributed by atoms with Crippen LogP contribution in [0.1, 0.15) is 53.5 Å². The minimum Gasteiger partial charge on any atom is -0.333 e. The predicted molar refractivity (Wildman–Crippen MR) is 162 cm³/mol. The average Bonchev–Trinajstić information content (AvgIpc) is 3.67. The minimum atomic E-state index is -0.376. The van der Waals surface area contributed by atoms with Gasteiger partial charge < -0.3 is 15.1 Å². The van der Waals surface area contributed by atoms with E-state index in [0.29, 0.717) is 43.7 Å². The minimum absolute atomic E-state index is 0.0369. The van der Waals surface area contributed by atoms with Crippen LogP contribution in [-0.2, 0) is 23.2 Å². The number of fused-ring (bicyclic) bond motifs is 4. The third-order valence-corrected chi connectivity index (χ3v) is 9.18. The summed E-state index contributed by atoms with van der Waals surface area (Å²) in [6.45, 7) is 8.83. The first kappa shape index (κ1) is 28.5. The molecule has 3 aliphatic rings. The van der Waals surface area contributed by atoms with Crippen molar-refractivity contribution in [1.82, 2.24) is 29.7 Å². The van der Waals surface area contributed by atoms with Gasteiger partial charge >= 0.3 is 0 Å². The van der Waals surface area contributed by atoms with Gasteiger partial charge in [-0.15, -0.1) is 0 Å². The van der Waals surface area contributed by atoms with Gasteiger partial charge in [-0.3, -0.25) is 14.5 Å². The van der Waals surface area contributed by atoms with Crippen molar-refractivity contribution in [2.75, 3.05) is 37.6 Å². The maximum atomic E-state index is 14.4. The number of nitrogens with one attached hydrogen (secondary N) is 1. The largest absolute Gasteiger partial charge is 0.333 e. The van der Waals surface area contributed by atoms with Gasteiger partial charge in [-0.05, 0) is 42.8 Å². The molecular formula is C33H35F2N7O2. The first-order valence-electron chi connectivity index (χ1n) is 15.0. The predicted octanol–water partition coefficient (Wildman–Crippen LogP) is 3.54. The molecular weight excluding hydrogens is 564 g/mol. The Labute approximate surface area is 254 Å². The lowest BCUT2D eigenvalue weighted by molar-refractivity contribution is -0.120. The molecule has 0 radical (unpaired) electrons. The van der Waals surface area contributed by atoms with Crippen LogP contribution in [0.2, 0.25) is 0 Å². The Balaban J connectivity index is 1.15. The molecule has 11 heteroatoms. The van der Waals surface area contributed by atoms with Crippen LogP contribution in [0.5, 0.6) is 0 Å². The zero-order chi connectivity index (χ0) is 30.7. The van der Waals surface area contributed by atoms with Gasteiger partial charge in [0.1, 0.15) is 18.0 Å². The molecule has 2 amide bonds. The Morgan fingerprint density at radius 2 is 1.93 bits per heavy atom. The van der Waals surface area contributed by atoms with Crippen molar-refractivity contribution in [3.05, 3.63) is 94.4 Å². The Hall–Kier alpha value is -4.22. The van der Waals surface area contributed by atoms with Crippen molar-refractivity contribution in [1.29, 1.82) is 0 Å². The molecule has 0 unspecified atom stereocenters. The number of halogens is 2. The third-order valence-electron chi connectivity index (χ3n) is 9.18. The smallest absolute Gasteiger partial charge is 0.254 e. The van der Waals surface area contributed by atoms with Crippen LogP contribution in [0.4, 0.5) is 14.5 Å². The van der Waals surface area contributed by atoms with Gasteiger partial charge in [0.05, 0.1) is 17.9 Å². The van der Waals surface area contributed by atoms with Gasteiger partial charge in [0.15, 0.2) is 5.65 Å². The van der Waals surface area contributed by atoms with Crippen molar-refractivity contribution in [3.63, 3.8) is 0 Å². The summed E-state index contributed by atoms with van der Waals surface area (Å²) >= 11 is 0. The van der Waals surface area contributed by atoms with E-state index >= 15 is 0 Å². The number of carbonyl (C=O) groups excluding carboxylic acids is 2. The summed E-state index contributed by atoms with van der Waals surface area (Å²) in [5.41, 5.74) is 4.75. The summed E-state index contributed by atoms with van der Waals surface area (Å²) in [6.07, 6.45) is 2.04. The van der Waals surface area contributed by atoms with Crippen LogP contribution in [0.25, 0.3) is 5.65 Å². The lowest BCUT2D eigenvalue weighted by atomic mass is 9.90. The standard InChI is InChI=1S/C33H35F2N7O2/c1-20-14-39(24(13-36-20)15-40-16-26-25(32(40)44)5-4-6-27(26)35)17-29(43)41-18-33(2,3)30-28(41)12-22(31-37-19-38-42(30)31)11-21-7-9-23(34)10-8-21/h4-10,12,19-20,24,36H,11,13-18H2,1-3H3/t20-,24-/m1/s1. The average molecular weight is 600 g/mol. The second kappa shape index (κ2) is 10.7. The maximum absolute atomic E-state index is 14.4. The lowest BCUT2D eigenvalue weighted by Gasteiger charge is -2.41. The van der Waals surface area contributed by atoms with Crippen LogP contribution >= 0.6 is 0 Å². The molecule has 4 aromatic rings. The number of carbonyl (C=O) groups is 2. The summed E-state index contributed by atoms with van der Waals surface area (Å²) in [6, 6.07) is 13.1. The van der Waals surface area contributed by atoms with E-state index in [1.807, 2.05) is 15.5 Å². The highest BCUT2D eigenvalue weighted by atomic mass is 19.1. The van der Waals surface area contributed by atoms with Gasteiger partial charge in [-0.1, -0.05) is 32.0 Å². The molecule has 2 atom stereocenters. The van der Waals surface area contributed by atoms with E-state index in [1.165, 1.54) is 24.5 Å². The molecule has 5 heterocycles. The molecule has 2 aromatic carbocycles. The number of aromatic nitrogens is 3. The van der Waals surface area contributed by atoms with Crippen LogP contribution in [-0.4, -0.2) is 81.0 Å². The highest BCUT2D eigenvalue weighted by Gasteiger charge is 2.43. The third kappa shape index (κ3) is 4.93. The number of rotatable bonds is 6. The van der Waals surface area contributed by atoms with Gasteiger partial charge in [0.2, 0.25) is 5.91 Å². The van der Waals surface area contributed by atoms with Crippen molar-refractivity contribution >= 4 is 23.1 Å². The number of nitrogens with zero attached hydrogens (tertiary/aromatic N) is 6. The summed E-state index contributed by atoms with van der Waals surface area (Å²) in [5.74, 6) is -0.869. The molecule has 0 bridgehead atoms. The number of benzene rings is 2. The molecule has 1 fully saturated rings. The fourth-order valence-electron chi connectivity index (χ4n) is 7.02. The molecule has 3 aliphatic heterocycles. The van der Waals surface area contributed by atoms with E-state index in [9.17, 15) is 18.4 Å². The second-order valence-corrected chi connectivity index (χ2v) is 12.9. The molecule has 44 heavy (non-hydrogen) atoms. The Morgan fingerprint density at radius 3 is 2.70 bits per heavy atom. The van der Waals surface area contributed by atoms with Crippen molar-refractivity contribution in [3.8, 4) is 0 Å². The fraction of sp³-hybridized carbons (Fsp3) is 0.394. The highest BCUT2D eigenvalue weighted by molar-refractivity contribution is 5.99. The molecule has 228 valence electrons. The summed E-state index contributed by atoms with van der Waals surface area (Å²) in [7, 11) is 0. The van der Waals surface area contributed by atoms with Crippen LogP contribution < -0.4 is 10.2 Å². The maximum Gasteiger partial charge on any atom is 0.254 e. The summed E-state index contributed by atoms with van der Waals surface area (Å²) in [5, 5.41) is 8.03. The van der Waals surface area contributed by atoms with Crippen molar-refractivity contribution in [2.24, 2.45) is 0 Å². The molecule has 0 aliphatic carbocycles. The zero-order valence-electron chi connectivity index (χ0n) is 25.1. The molecule has 1 saturated heterocycles. The summed E-state index contributed by atoms with van der Waals surface area (Å²) < 4.78 is 29.9. The van der Waals surface area contributed by atoms with E-state index in [2.05, 4.69) is 41.1 Å². The zero-order valence-corrected chi connectivity index (χ0v) is 25.1. The van der Waals surface area contributed by atoms with Gasteiger partial charge in [-0.2, -0.15) is 5.10 Å². The topological polar surface area (TPSA) is 86.1 Å². The van der Waals surface area contributed by atoms with Gasteiger partial charge in [-0.25, -0.2) is 18.3 Å². The number of hydrogen-bond acceptors (Lipinski definition) is 6. The van der Waals surface area contributed by atoms with Crippen molar-refractivity contribution in [2.45, 2.75) is 51.2 Å². The quantitative estimate of drug-likeness (QED) is 0.365. The van der Waals surface area contributed by atoms with Crippen LogP contribution in [0.3, 0.4) is 0 Å². The van der Waals surface area contributed by atoms with Gasteiger partial charge in [0.25, 0.3) is 5.91 Å². The number of amides is 2. The first-order valence-corrected chi connectivity index (χ1v) is 15.0. The highest BCUT2D eigenvalue weighted by Crippen LogP contribution is 2.42. The molecule has 2 aromatic heterocycles. The van der Waals surface area contributed by atoms with E-state index in [1.54, 1.807) is 29.2 Å². The Kier molecular flexibility index (Phi) is 6.97. The van der Waals surface area contributed by atoms with E-state index in [4.69, 9.17) is 0 Å². The van der Waals surface area contributed by atoms with Crippen molar-refractivity contribution < 1.29 is 18.4 Å². The number of anilines is 1. The molecule has 9 nitrogen and oxygen atoms in total. The Morgan fingerprint density at radius 1 is 1.14 bits per heavy atom. The fourth-order valence-corrected chi connectivity index (χ4v) is 7.02. The van der Waals surface area contributed by atoms with Crippen LogP contribution in [0, 0.1) is 11.6 Å². The SMILES string of the molecule is C[C@@H]1CN(CC(=O)N2CC(C)(C)c3c2cc(Cc2ccc(F)cc2)c2ncnn32)[C@@H](CN2Cc3c(F)cccc3C2=O)CN1. The normalized spacial score (nSPS) is 21.2. The summed E-state index contributed by atoms with van der Waals surface area (Å²) in [4.78, 5) is 37.5. The van der Waals surface area contributed by atoms with Crippen LogP contribution in [0.15, 0.2) is 54.9 Å². The molecule has 0 saturated carbocycles. The molecule has 7 rings (SSSR count). The molecule has 1 N–H and O–H groups in total. The number of hydrogen-bond donors (Lipinski definition) is 1. The number of piperazine rings is 1. The van der Waals surface area contributed by atoms with E-state index in [-0.39, 0.29) is 54.0 Å². The number of pyridine rings is 1. The first-order chi connectivity index (χ1) is 21.1. The molecule has 0 spiro atoms. The van der Waals surface area contributed by atoms with E-state index in [0.717, 1.165) is 28.2 Å². The monoisotopic (exact) mass is 599 g/mol. The van der Waals surface area contributed by atoms with E-state index < -0.39 is 0 Å². The lowest BCUT2D eigenvalue weighted by Crippen LogP contribution is -2.60. The Bertz CT molecular complexity index is 1770. The van der Waals surface area contributed by atoms with Gasteiger partial charge in [0, 0.05) is 73.3 Å². The second-order valence-electron chi connectivity index (χ2n) is 12.9.